The second-order valence-corrected chi connectivity index (χ2v) is 5.44. The average Bonchev–Trinajstić information content (AvgIpc) is 2.49. The first kappa shape index (κ1) is 18.9. The summed E-state index contributed by atoms with van der Waals surface area (Å²) in [5.74, 6) is -1.23. The first-order chi connectivity index (χ1) is 10.9. The minimum absolute atomic E-state index is 0.0855. The van der Waals surface area contributed by atoms with Crippen molar-refractivity contribution in [2.45, 2.75) is 38.5 Å². The summed E-state index contributed by atoms with van der Waals surface area (Å²) in [4.78, 5) is 32.5. The van der Waals surface area contributed by atoms with Crippen molar-refractivity contribution in [3.8, 4) is 0 Å². The van der Waals surface area contributed by atoms with Crippen molar-refractivity contribution < 1.29 is 19.6 Å². The number of hydrogen-bond donors (Lipinski definition) is 2. The number of carboxylic acid groups (broad SMARTS) is 1. The number of rotatable bonds is 10. The number of benzene rings is 1. The van der Waals surface area contributed by atoms with Crippen LogP contribution in [0.1, 0.15) is 48.9 Å². The van der Waals surface area contributed by atoms with Crippen LogP contribution >= 0.6 is 11.6 Å². The fourth-order valence-electron chi connectivity index (χ4n) is 2.06. The van der Waals surface area contributed by atoms with Gasteiger partial charge >= 0.3 is 5.97 Å². The van der Waals surface area contributed by atoms with Gasteiger partial charge in [0.05, 0.1) is 10.5 Å². The molecule has 1 aromatic rings. The summed E-state index contributed by atoms with van der Waals surface area (Å²) >= 11 is 5.87. The molecule has 0 atom stereocenters. The van der Waals surface area contributed by atoms with Gasteiger partial charge in [-0.1, -0.05) is 36.9 Å². The van der Waals surface area contributed by atoms with Crippen molar-refractivity contribution in [1.29, 1.82) is 0 Å². The number of hydrogen-bond acceptors (Lipinski definition) is 4. The fourth-order valence-corrected chi connectivity index (χ4v) is 2.35. The molecule has 0 unspecified atom stereocenters. The molecule has 126 valence electrons. The molecule has 8 heteroatoms. The quantitative estimate of drug-likeness (QED) is 0.384. The third kappa shape index (κ3) is 6.65. The van der Waals surface area contributed by atoms with Crippen molar-refractivity contribution in [1.82, 2.24) is 5.32 Å². The molecule has 0 fully saturated rings. The van der Waals surface area contributed by atoms with Crippen LogP contribution in [0.25, 0.3) is 0 Å². The van der Waals surface area contributed by atoms with Crippen molar-refractivity contribution in [3.63, 3.8) is 0 Å². The van der Waals surface area contributed by atoms with Gasteiger partial charge in [-0.2, -0.15) is 0 Å². The maximum atomic E-state index is 12.0. The number of nitrogens with one attached hydrogen (secondary N) is 1. The van der Waals surface area contributed by atoms with Crippen LogP contribution in [-0.4, -0.2) is 28.5 Å². The van der Waals surface area contributed by atoms with E-state index in [1.165, 1.54) is 18.2 Å². The van der Waals surface area contributed by atoms with E-state index in [9.17, 15) is 19.7 Å². The molecular weight excluding hydrogens is 324 g/mol. The lowest BCUT2D eigenvalue weighted by Crippen LogP contribution is -2.24. The van der Waals surface area contributed by atoms with Crippen LogP contribution < -0.4 is 5.32 Å². The van der Waals surface area contributed by atoms with Crippen LogP contribution in [0.3, 0.4) is 0 Å². The lowest BCUT2D eigenvalue weighted by molar-refractivity contribution is -0.384. The summed E-state index contributed by atoms with van der Waals surface area (Å²) in [7, 11) is 0. The van der Waals surface area contributed by atoms with E-state index in [4.69, 9.17) is 16.7 Å². The predicted octanol–water partition coefficient (Wildman–Crippen LogP) is 3.40. The number of carbonyl (C=O) groups excluding carboxylic acids is 1. The van der Waals surface area contributed by atoms with E-state index in [1.807, 2.05) is 0 Å². The summed E-state index contributed by atoms with van der Waals surface area (Å²) in [5.41, 5.74) is -0.208. The number of aliphatic carboxylic acids is 1. The lowest BCUT2D eigenvalue weighted by Gasteiger charge is -2.07. The number of halogens is 1. The Hall–Kier alpha value is -2.15. The van der Waals surface area contributed by atoms with E-state index < -0.39 is 16.8 Å². The second kappa shape index (κ2) is 9.78. The monoisotopic (exact) mass is 342 g/mol. The minimum Gasteiger partial charge on any atom is -0.481 e. The van der Waals surface area contributed by atoms with Crippen LogP contribution in [0.2, 0.25) is 5.02 Å². The molecule has 2 N–H and O–H groups in total. The number of nitro groups is 1. The Morgan fingerprint density at radius 2 is 1.83 bits per heavy atom. The molecule has 1 amide bonds. The van der Waals surface area contributed by atoms with E-state index in [1.54, 1.807) is 0 Å². The molecular formula is C15H19ClN2O5. The zero-order chi connectivity index (χ0) is 17.2. The summed E-state index contributed by atoms with van der Waals surface area (Å²) in [6, 6.07) is 4.11. The van der Waals surface area contributed by atoms with Gasteiger partial charge in [-0.3, -0.25) is 19.7 Å². The van der Waals surface area contributed by atoms with Gasteiger partial charge in [-0.05, 0) is 18.9 Å². The summed E-state index contributed by atoms with van der Waals surface area (Å²) in [6.45, 7) is 0.441. The van der Waals surface area contributed by atoms with Crippen LogP contribution in [0.4, 0.5) is 5.69 Å². The highest BCUT2D eigenvalue weighted by atomic mass is 35.5. The molecule has 0 aliphatic heterocycles. The van der Waals surface area contributed by atoms with E-state index in [0.29, 0.717) is 13.0 Å². The summed E-state index contributed by atoms with van der Waals surface area (Å²) in [5, 5.41) is 21.8. The Bertz CT molecular complexity index is 577. The van der Waals surface area contributed by atoms with Gasteiger partial charge in [-0.25, -0.2) is 0 Å². The number of amides is 1. The van der Waals surface area contributed by atoms with Crippen molar-refractivity contribution in [2.24, 2.45) is 0 Å². The number of unbranched alkanes of at least 4 members (excludes halogenated alkanes) is 4. The highest BCUT2D eigenvalue weighted by molar-refractivity contribution is 6.35. The van der Waals surface area contributed by atoms with E-state index in [2.05, 4.69) is 5.32 Å². The lowest BCUT2D eigenvalue weighted by atomic mass is 10.1. The molecule has 1 rings (SSSR count). The van der Waals surface area contributed by atoms with E-state index >= 15 is 0 Å². The normalized spacial score (nSPS) is 10.3. The Morgan fingerprint density at radius 3 is 2.48 bits per heavy atom. The Balaban J connectivity index is 2.31. The van der Waals surface area contributed by atoms with Gasteiger partial charge in [0.25, 0.3) is 11.6 Å². The zero-order valence-corrected chi connectivity index (χ0v) is 13.3. The smallest absolute Gasteiger partial charge is 0.303 e. The Morgan fingerprint density at radius 1 is 1.17 bits per heavy atom. The molecule has 0 aliphatic rings. The maximum absolute atomic E-state index is 12.0. The molecule has 7 nitrogen and oxygen atoms in total. The first-order valence-electron chi connectivity index (χ1n) is 7.36. The van der Waals surface area contributed by atoms with Gasteiger partial charge < -0.3 is 10.4 Å². The predicted molar refractivity (Wildman–Crippen MR) is 85.8 cm³/mol. The molecule has 0 saturated heterocycles. The third-order valence-electron chi connectivity index (χ3n) is 3.27. The van der Waals surface area contributed by atoms with Crippen molar-refractivity contribution in [2.75, 3.05) is 6.54 Å². The molecule has 0 aliphatic carbocycles. The van der Waals surface area contributed by atoms with Gasteiger partial charge in [0, 0.05) is 19.0 Å². The second-order valence-electron chi connectivity index (χ2n) is 5.06. The van der Waals surface area contributed by atoms with Crippen molar-refractivity contribution in [3.05, 3.63) is 38.9 Å². The first-order valence-corrected chi connectivity index (χ1v) is 7.74. The molecule has 0 bridgehead atoms. The van der Waals surface area contributed by atoms with Crippen molar-refractivity contribution >= 4 is 29.2 Å². The third-order valence-corrected chi connectivity index (χ3v) is 3.67. The number of nitrogens with zero attached hydrogens (tertiary/aromatic N) is 1. The molecule has 0 spiro atoms. The number of carboxylic acids is 1. The molecule has 0 heterocycles. The molecule has 1 aromatic carbocycles. The number of nitro benzene ring substituents is 1. The molecule has 23 heavy (non-hydrogen) atoms. The molecule has 0 saturated carbocycles. The Labute approximate surface area is 138 Å². The molecule has 0 aromatic heterocycles. The number of carbonyl (C=O) groups is 2. The van der Waals surface area contributed by atoms with E-state index in [-0.39, 0.29) is 22.7 Å². The maximum Gasteiger partial charge on any atom is 0.303 e. The van der Waals surface area contributed by atoms with Gasteiger partial charge in [0.15, 0.2) is 0 Å². The zero-order valence-electron chi connectivity index (χ0n) is 12.6. The summed E-state index contributed by atoms with van der Waals surface area (Å²) < 4.78 is 0. The largest absolute Gasteiger partial charge is 0.481 e. The Kier molecular flexibility index (Phi) is 8.04. The van der Waals surface area contributed by atoms with Gasteiger partial charge in [0.1, 0.15) is 5.02 Å². The topological polar surface area (TPSA) is 110 Å². The molecule has 0 radical (unpaired) electrons. The van der Waals surface area contributed by atoms with Gasteiger partial charge in [-0.15, -0.1) is 0 Å². The van der Waals surface area contributed by atoms with Crippen LogP contribution in [0.5, 0.6) is 0 Å². The standard InChI is InChI=1S/C15H19ClN2O5/c16-14-11(7-6-8-12(14)18(22)23)15(21)17-10-5-3-1-2-4-9-13(19)20/h6-8H,1-5,9-10H2,(H,17,21)(H,19,20). The van der Waals surface area contributed by atoms with Crippen LogP contribution in [-0.2, 0) is 4.79 Å². The average molecular weight is 343 g/mol. The highest BCUT2D eigenvalue weighted by Crippen LogP contribution is 2.27. The fraction of sp³-hybridized carbons (Fsp3) is 0.467. The van der Waals surface area contributed by atoms with Gasteiger partial charge in [0.2, 0.25) is 0 Å². The SMILES string of the molecule is O=C(O)CCCCCCCNC(=O)c1cccc([N+](=O)[O-])c1Cl. The van der Waals surface area contributed by atoms with E-state index in [0.717, 1.165) is 25.7 Å². The van der Waals surface area contributed by atoms with Crippen LogP contribution in [0, 0.1) is 10.1 Å². The highest BCUT2D eigenvalue weighted by Gasteiger charge is 2.19. The minimum atomic E-state index is -0.786. The summed E-state index contributed by atoms with van der Waals surface area (Å²) in [6.07, 6.45) is 4.22. The van der Waals surface area contributed by atoms with Crippen LogP contribution in [0.15, 0.2) is 18.2 Å².